The predicted molar refractivity (Wildman–Crippen MR) is 62.0 cm³/mol. The average molecular weight is 209 g/mol. The smallest absolute Gasteiger partial charge is 0.0223 e. The van der Waals surface area contributed by atoms with Crippen molar-refractivity contribution in [1.82, 2.24) is 15.1 Å². The Balaban J connectivity index is 1.50. The van der Waals surface area contributed by atoms with Crippen LogP contribution in [0.25, 0.3) is 0 Å². The molecule has 3 fully saturated rings. The molecule has 0 spiro atoms. The summed E-state index contributed by atoms with van der Waals surface area (Å²) in [6, 6.07) is 0.889. The number of nitrogens with one attached hydrogen (secondary N) is 1. The minimum Gasteiger partial charge on any atom is -0.316 e. The molecular weight excluding hydrogens is 186 g/mol. The molecule has 3 aliphatic heterocycles. The molecule has 0 bridgehead atoms. The number of rotatable bonds is 2. The number of hydrogen-bond acceptors (Lipinski definition) is 3. The van der Waals surface area contributed by atoms with Gasteiger partial charge in [-0.25, -0.2) is 0 Å². The first-order valence-corrected chi connectivity index (χ1v) is 6.59. The van der Waals surface area contributed by atoms with E-state index in [9.17, 15) is 0 Å². The standard InChI is InChI=1S/C12H23N3/c1-2-4-15-6-5-14(10-12(15)3-1)9-11-7-13-8-11/h11-13H,1-10H2. The number of piperazine rings is 1. The molecule has 3 heterocycles. The maximum absolute atomic E-state index is 3.37. The maximum atomic E-state index is 3.37. The van der Waals surface area contributed by atoms with Crippen LogP contribution in [0, 0.1) is 5.92 Å². The van der Waals surface area contributed by atoms with Gasteiger partial charge in [-0.05, 0) is 25.3 Å². The lowest BCUT2D eigenvalue weighted by Crippen LogP contribution is -2.57. The second-order valence-electron chi connectivity index (χ2n) is 5.47. The highest BCUT2D eigenvalue weighted by atomic mass is 15.3. The molecule has 3 aliphatic rings. The van der Waals surface area contributed by atoms with Crippen molar-refractivity contribution in [2.45, 2.75) is 25.3 Å². The van der Waals surface area contributed by atoms with Crippen molar-refractivity contribution in [3.63, 3.8) is 0 Å². The largest absolute Gasteiger partial charge is 0.316 e. The lowest BCUT2D eigenvalue weighted by atomic mass is 9.97. The highest BCUT2D eigenvalue weighted by Crippen LogP contribution is 2.21. The topological polar surface area (TPSA) is 18.5 Å². The first-order chi connectivity index (χ1) is 7.42. The quantitative estimate of drug-likeness (QED) is 0.709. The van der Waals surface area contributed by atoms with E-state index in [0.717, 1.165) is 12.0 Å². The van der Waals surface area contributed by atoms with Crippen LogP contribution in [0.4, 0.5) is 0 Å². The van der Waals surface area contributed by atoms with E-state index in [2.05, 4.69) is 15.1 Å². The van der Waals surface area contributed by atoms with Gasteiger partial charge >= 0.3 is 0 Å². The third kappa shape index (κ3) is 2.19. The minimum atomic E-state index is 0.889. The Hall–Kier alpha value is -0.120. The SMILES string of the molecule is C1CCN2CCN(CC3CNC3)CC2C1. The van der Waals surface area contributed by atoms with Crippen molar-refractivity contribution in [2.24, 2.45) is 5.92 Å². The summed E-state index contributed by atoms with van der Waals surface area (Å²) < 4.78 is 0. The zero-order chi connectivity index (χ0) is 10.1. The van der Waals surface area contributed by atoms with E-state index in [1.165, 1.54) is 65.1 Å². The molecule has 86 valence electrons. The lowest BCUT2D eigenvalue weighted by Gasteiger charge is -2.45. The third-order valence-corrected chi connectivity index (χ3v) is 4.30. The fourth-order valence-corrected chi connectivity index (χ4v) is 3.23. The van der Waals surface area contributed by atoms with Gasteiger partial charge in [-0.2, -0.15) is 0 Å². The van der Waals surface area contributed by atoms with Crippen LogP contribution in [-0.4, -0.2) is 61.7 Å². The molecule has 0 aromatic rings. The van der Waals surface area contributed by atoms with Gasteiger partial charge in [0.1, 0.15) is 0 Å². The Kier molecular flexibility index (Phi) is 2.95. The second kappa shape index (κ2) is 4.40. The number of hydrogen-bond donors (Lipinski definition) is 1. The normalized spacial score (nSPS) is 34.8. The van der Waals surface area contributed by atoms with Gasteiger partial charge in [0.2, 0.25) is 0 Å². The van der Waals surface area contributed by atoms with E-state index in [-0.39, 0.29) is 0 Å². The van der Waals surface area contributed by atoms with Crippen LogP contribution in [0.1, 0.15) is 19.3 Å². The van der Waals surface area contributed by atoms with Gasteiger partial charge in [0, 0.05) is 45.3 Å². The van der Waals surface area contributed by atoms with E-state index in [1.807, 2.05) is 0 Å². The Morgan fingerprint density at radius 2 is 2.00 bits per heavy atom. The van der Waals surface area contributed by atoms with Gasteiger partial charge < -0.3 is 10.2 Å². The summed E-state index contributed by atoms with van der Waals surface area (Å²) in [6.07, 6.45) is 4.34. The summed E-state index contributed by atoms with van der Waals surface area (Å²) in [4.78, 5) is 5.43. The zero-order valence-electron chi connectivity index (χ0n) is 9.62. The summed E-state index contributed by atoms with van der Waals surface area (Å²) in [5, 5.41) is 3.37. The molecule has 0 aliphatic carbocycles. The van der Waals surface area contributed by atoms with Crippen LogP contribution in [-0.2, 0) is 0 Å². The van der Waals surface area contributed by atoms with Crippen molar-refractivity contribution in [3.8, 4) is 0 Å². The van der Waals surface area contributed by atoms with Crippen LogP contribution in [0.5, 0.6) is 0 Å². The number of nitrogens with zero attached hydrogens (tertiary/aromatic N) is 2. The molecule has 0 amide bonds. The number of fused-ring (bicyclic) bond motifs is 1. The van der Waals surface area contributed by atoms with Gasteiger partial charge in [-0.1, -0.05) is 6.42 Å². The molecule has 3 heteroatoms. The first kappa shape index (κ1) is 10.1. The second-order valence-corrected chi connectivity index (χ2v) is 5.47. The van der Waals surface area contributed by atoms with Gasteiger partial charge in [-0.15, -0.1) is 0 Å². The molecule has 1 N–H and O–H groups in total. The van der Waals surface area contributed by atoms with Crippen LogP contribution in [0.3, 0.4) is 0 Å². The molecule has 1 atom stereocenters. The molecule has 0 aromatic heterocycles. The van der Waals surface area contributed by atoms with E-state index in [1.54, 1.807) is 0 Å². The molecule has 3 nitrogen and oxygen atoms in total. The summed E-state index contributed by atoms with van der Waals surface area (Å²) in [6.45, 7) is 9.20. The van der Waals surface area contributed by atoms with Gasteiger partial charge in [0.25, 0.3) is 0 Å². The summed E-state index contributed by atoms with van der Waals surface area (Å²) in [5.74, 6) is 0.945. The summed E-state index contributed by atoms with van der Waals surface area (Å²) in [7, 11) is 0. The fourth-order valence-electron chi connectivity index (χ4n) is 3.23. The van der Waals surface area contributed by atoms with Crippen molar-refractivity contribution in [3.05, 3.63) is 0 Å². The molecular formula is C12H23N3. The van der Waals surface area contributed by atoms with Crippen LogP contribution in [0.2, 0.25) is 0 Å². The van der Waals surface area contributed by atoms with E-state index in [0.29, 0.717) is 0 Å². The molecule has 3 rings (SSSR count). The zero-order valence-corrected chi connectivity index (χ0v) is 9.62. The molecule has 0 aromatic carbocycles. The Morgan fingerprint density at radius 3 is 2.80 bits per heavy atom. The van der Waals surface area contributed by atoms with Crippen LogP contribution < -0.4 is 5.32 Å². The maximum Gasteiger partial charge on any atom is 0.0223 e. The summed E-state index contributed by atoms with van der Waals surface area (Å²) >= 11 is 0. The third-order valence-electron chi connectivity index (χ3n) is 4.30. The monoisotopic (exact) mass is 209 g/mol. The predicted octanol–water partition coefficient (Wildman–Crippen LogP) is 0.376. The minimum absolute atomic E-state index is 0.889. The van der Waals surface area contributed by atoms with E-state index in [4.69, 9.17) is 0 Å². The van der Waals surface area contributed by atoms with E-state index < -0.39 is 0 Å². The van der Waals surface area contributed by atoms with Crippen LogP contribution in [0.15, 0.2) is 0 Å². The van der Waals surface area contributed by atoms with Crippen molar-refractivity contribution in [2.75, 3.05) is 45.8 Å². The van der Waals surface area contributed by atoms with Crippen molar-refractivity contribution in [1.29, 1.82) is 0 Å². The highest BCUT2D eigenvalue weighted by Gasteiger charge is 2.30. The van der Waals surface area contributed by atoms with Gasteiger partial charge in [0.05, 0.1) is 0 Å². The summed E-state index contributed by atoms with van der Waals surface area (Å²) in [5.41, 5.74) is 0. The van der Waals surface area contributed by atoms with E-state index >= 15 is 0 Å². The van der Waals surface area contributed by atoms with Crippen LogP contribution >= 0.6 is 0 Å². The molecule has 0 radical (unpaired) electrons. The molecule has 0 saturated carbocycles. The average Bonchev–Trinajstić information content (AvgIpc) is 2.23. The molecule has 15 heavy (non-hydrogen) atoms. The van der Waals surface area contributed by atoms with Crippen molar-refractivity contribution >= 4 is 0 Å². The van der Waals surface area contributed by atoms with Gasteiger partial charge in [-0.3, -0.25) is 4.90 Å². The molecule has 1 unspecified atom stereocenters. The lowest BCUT2D eigenvalue weighted by molar-refractivity contribution is 0.0373. The fraction of sp³-hybridized carbons (Fsp3) is 1.00. The Labute approximate surface area is 92.8 Å². The van der Waals surface area contributed by atoms with Gasteiger partial charge in [0.15, 0.2) is 0 Å². The Morgan fingerprint density at radius 1 is 1.07 bits per heavy atom. The molecule has 3 saturated heterocycles. The first-order valence-electron chi connectivity index (χ1n) is 6.59. The highest BCUT2D eigenvalue weighted by molar-refractivity contribution is 4.87. The number of piperidine rings is 1. The van der Waals surface area contributed by atoms with Crippen molar-refractivity contribution < 1.29 is 0 Å². The Bertz CT molecular complexity index is 215.